The van der Waals surface area contributed by atoms with Crippen molar-refractivity contribution in [2.24, 2.45) is 5.73 Å². The summed E-state index contributed by atoms with van der Waals surface area (Å²) in [6.07, 6.45) is 8.13. The van der Waals surface area contributed by atoms with Crippen LogP contribution in [0.5, 0.6) is 0 Å². The molecule has 2 atom stereocenters. The minimum Gasteiger partial charge on any atom is -0.367 e. The fourth-order valence-electron chi connectivity index (χ4n) is 2.76. The Balaban J connectivity index is 2.12. The summed E-state index contributed by atoms with van der Waals surface area (Å²) in [5.74, 6) is 0. The highest BCUT2D eigenvalue weighted by Gasteiger charge is 2.21. The van der Waals surface area contributed by atoms with Gasteiger partial charge in [0, 0.05) is 18.6 Å². The van der Waals surface area contributed by atoms with Crippen LogP contribution in [0.25, 0.3) is 0 Å². The monoisotopic (exact) mass is 247 g/mol. The fourth-order valence-corrected chi connectivity index (χ4v) is 2.76. The van der Waals surface area contributed by atoms with Crippen LogP contribution in [0.3, 0.4) is 0 Å². The summed E-state index contributed by atoms with van der Waals surface area (Å²) >= 11 is 0. The molecule has 100 valence electrons. The van der Waals surface area contributed by atoms with Gasteiger partial charge in [0.2, 0.25) is 0 Å². The van der Waals surface area contributed by atoms with Crippen LogP contribution >= 0.6 is 0 Å². The molecule has 2 heterocycles. The molecular weight excluding hydrogens is 222 g/mol. The van der Waals surface area contributed by atoms with E-state index in [0.29, 0.717) is 6.04 Å². The van der Waals surface area contributed by atoms with Crippen molar-refractivity contribution in [3.05, 3.63) is 24.0 Å². The summed E-state index contributed by atoms with van der Waals surface area (Å²) in [6, 6.07) is 5.03. The van der Waals surface area contributed by atoms with E-state index in [-0.39, 0.29) is 6.04 Å². The third-order valence-corrected chi connectivity index (χ3v) is 4.02. The Morgan fingerprint density at radius 1 is 1.39 bits per heavy atom. The van der Waals surface area contributed by atoms with Crippen LogP contribution in [0.2, 0.25) is 0 Å². The molecule has 0 bridgehead atoms. The predicted molar refractivity (Wildman–Crippen MR) is 76.7 cm³/mol. The lowest BCUT2D eigenvalue weighted by Gasteiger charge is -2.37. The summed E-state index contributed by atoms with van der Waals surface area (Å²) in [5.41, 5.74) is 8.26. The number of nitrogens with zero attached hydrogens (tertiary/aromatic N) is 2. The Hall–Kier alpha value is -1.09. The van der Waals surface area contributed by atoms with Gasteiger partial charge in [-0.05, 0) is 44.2 Å². The summed E-state index contributed by atoms with van der Waals surface area (Å²) in [7, 11) is 0. The van der Waals surface area contributed by atoms with Gasteiger partial charge >= 0.3 is 0 Å². The van der Waals surface area contributed by atoms with E-state index < -0.39 is 0 Å². The van der Waals surface area contributed by atoms with Gasteiger partial charge in [0.25, 0.3) is 0 Å². The Labute approximate surface area is 110 Å². The maximum atomic E-state index is 6.00. The lowest BCUT2D eigenvalue weighted by atomic mass is 9.99. The Morgan fingerprint density at radius 2 is 2.22 bits per heavy atom. The van der Waals surface area contributed by atoms with Crippen molar-refractivity contribution in [3.63, 3.8) is 0 Å². The molecule has 2 rings (SSSR count). The highest BCUT2D eigenvalue weighted by atomic mass is 15.2. The Bertz CT molecular complexity index is 361. The van der Waals surface area contributed by atoms with E-state index in [2.05, 4.69) is 35.9 Å². The van der Waals surface area contributed by atoms with Gasteiger partial charge in [0.1, 0.15) is 0 Å². The minimum absolute atomic E-state index is 0.0716. The Kier molecular flexibility index (Phi) is 4.59. The van der Waals surface area contributed by atoms with Crippen molar-refractivity contribution in [2.75, 3.05) is 11.4 Å². The summed E-state index contributed by atoms with van der Waals surface area (Å²) < 4.78 is 0. The number of aromatic nitrogens is 1. The first-order valence-electron chi connectivity index (χ1n) is 7.24. The van der Waals surface area contributed by atoms with E-state index in [1.54, 1.807) is 0 Å². The molecule has 1 fully saturated rings. The molecular formula is C15H25N3. The van der Waals surface area contributed by atoms with E-state index in [1.165, 1.54) is 37.9 Å². The number of anilines is 1. The lowest BCUT2D eigenvalue weighted by molar-refractivity contribution is 0.449. The Morgan fingerprint density at radius 3 is 2.83 bits per heavy atom. The normalized spacial score (nSPS) is 21.9. The largest absolute Gasteiger partial charge is 0.367 e. The quantitative estimate of drug-likeness (QED) is 0.888. The fraction of sp³-hybridized carbons (Fsp3) is 0.667. The molecule has 1 aliphatic rings. The minimum atomic E-state index is 0.0716. The lowest BCUT2D eigenvalue weighted by Crippen LogP contribution is -2.39. The number of pyridine rings is 1. The summed E-state index contributed by atoms with van der Waals surface area (Å²) in [5, 5.41) is 0. The summed E-state index contributed by atoms with van der Waals surface area (Å²) in [4.78, 5) is 7.04. The number of piperidine rings is 1. The first-order chi connectivity index (χ1) is 8.76. The van der Waals surface area contributed by atoms with E-state index in [0.717, 1.165) is 12.1 Å². The highest BCUT2D eigenvalue weighted by molar-refractivity contribution is 5.46. The molecule has 0 aliphatic carbocycles. The van der Waals surface area contributed by atoms with Gasteiger partial charge < -0.3 is 10.6 Å². The van der Waals surface area contributed by atoms with E-state index in [9.17, 15) is 0 Å². The van der Waals surface area contributed by atoms with Crippen molar-refractivity contribution in [1.82, 2.24) is 4.98 Å². The zero-order valence-corrected chi connectivity index (χ0v) is 11.6. The molecule has 3 heteroatoms. The van der Waals surface area contributed by atoms with Crippen molar-refractivity contribution in [1.29, 1.82) is 0 Å². The number of nitrogens with two attached hydrogens (primary N) is 1. The highest BCUT2D eigenvalue weighted by Crippen LogP contribution is 2.26. The van der Waals surface area contributed by atoms with E-state index >= 15 is 0 Å². The van der Waals surface area contributed by atoms with E-state index in [4.69, 9.17) is 5.73 Å². The third-order valence-electron chi connectivity index (χ3n) is 4.02. The molecule has 1 aromatic heterocycles. The van der Waals surface area contributed by atoms with Gasteiger partial charge in [-0.1, -0.05) is 13.8 Å². The van der Waals surface area contributed by atoms with Crippen LogP contribution < -0.4 is 10.6 Å². The molecule has 2 N–H and O–H groups in total. The van der Waals surface area contributed by atoms with Gasteiger partial charge in [-0.25, -0.2) is 0 Å². The second-order valence-electron chi connectivity index (χ2n) is 5.21. The molecule has 18 heavy (non-hydrogen) atoms. The average molecular weight is 247 g/mol. The van der Waals surface area contributed by atoms with E-state index in [1.807, 2.05) is 6.20 Å². The molecule has 2 unspecified atom stereocenters. The molecule has 3 nitrogen and oxygen atoms in total. The van der Waals surface area contributed by atoms with Gasteiger partial charge in [-0.15, -0.1) is 0 Å². The first kappa shape index (κ1) is 13.3. The molecule has 0 radical (unpaired) electrons. The molecule has 0 aromatic carbocycles. The van der Waals surface area contributed by atoms with Crippen LogP contribution in [-0.4, -0.2) is 17.6 Å². The maximum Gasteiger partial charge on any atom is 0.0572 e. The number of hydrogen-bond donors (Lipinski definition) is 1. The molecule has 1 saturated heterocycles. The van der Waals surface area contributed by atoms with Crippen molar-refractivity contribution < 1.29 is 0 Å². The smallest absolute Gasteiger partial charge is 0.0572 e. The standard InChI is InChI=1S/C15H25N3/c1-3-12-7-5-6-10-18(12)13-8-9-15(17-11-13)14(16)4-2/h8-9,11-12,14H,3-7,10,16H2,1-2H3. The predicted octanol–water partition coefficient (Wildman–Crippen LogP) is 3.26. The number of rotatable bonds is 4. The molecule has 1 aliphatic heterocycles. The van der Waals surface area contributed by atoms with Crippen LogP contribution in [0, 0.1) is 0 Å². The molecule has 0 spiro atoms. The van der Waals surface area contributed by atoms with Gasteiger partial charge in [-0.2, -0.15) is 0 Å². The average Bonchev–Trinajstić information content (AvgIpc) is 2.46. The topological polar surface area (TPSA) is 42.1 Å². The van der Waals surface area contributed by atoms with Gasteiger partial charge in [0.15, 0.2) is 0 Å². The zero-order valence-electron chi connectivity index (χ0n) is 11.6. The van der Waals surface area contributed by atoms with Crippen molar-refractivity contribution in [3.8, 4) is 0 Å². The second-order valence-corrected chi connectivity index (χ2v) is 5.21. The van der Waals surface area contributed by atoms with Gasteiger partial charge in [0.05, 0.1) is 17.6 Å². The van der Waals surface area contributed by atoms with Crippen LogP contribution in [0.1, 0.15) is 57.7 Å². The zero-order chi connectivity index (χ0) is 13.0. The van der Waals surface area contributed by atoms with Crippen molar-refractivity contribution in [2.45, 2.75) is 58.0 Å². The first-order valence-corrected chi connectivity index (χ1v) is 7.24. The van der Waals surface area contributed by atoms with Gasteiger partial charge in [-0.3, -0.25) is 4.98 Å². The van der Waals surface area contributed by atoms with Crippen molar-refractivity contribution >= 4 is 5.69 Å². The van der Waals surface area contributed by atoms with Crippen LogP contribution in [0.4, 0.5) is 5.69 Å². The molecule has 1 aromatic rings. The van der Waals surface area contributed by atoms with Crippen LogP contribution in [0.15, 0.2) is 18.3 Å². The summed E-state index contributed by atoms with van der Waals surface area (Å²) in [6.45, 7) is 5.54. The molecule has 0 amide bonds. The molecule has 0 saturated carbocycles. The third kappa shape index (κ3) is 2.83. The number of hydrogen-bond acceptors (Lipinski definition) is 3. The SMILES string of the molecule is CCC(N)c1ccc(N2CCCCC2CC)cn1. The maximum absolute atomic E-state index is 6.00. The van der Waals surface area contributed by atoms with Crippen LogP contribution in [-0.2, 0) is 0 Å². The second kappa shape index (κ2) is 6.19.